The molecule has 1 aromatic heterocycles. The van der Waals surface area contributed by atoms with Gasteiger partial charge >= 0.3 is 0 Å². The van der Waals surface area contributed by atoms with E-state index >= 15 is 0 Å². The highest BCUT2D eigenvalue weighted by Crippen LogP contribution is 2.14. The van der Waals surface area contributed by atoms with Gasteiger partial charge in [0.25, 0.3) is 0 Å². The third-order valence-electron chi connectivity index (χ3n) is 2.68. The second-order valence-electron chi connectivity index (χ2n) is 4.45. The normalized spacial score (nSPS) is 17.5. The molecule has 18 heavy (non-hydrogen) atoms. The van der Waals surface area contributed by atoms with Crippen molar-refractivity contribution in [2.24, 2.45) is 4.99 Å². The van der Waals surface area contributed by atoms with Crippen LogP contribution < -0.4 is 15.5 Å². The van der Waals surface area contributed by atoms with Gasteiger partial charge in [-0.2, -0.15) is 0 Å². The van der Waals surface area contributed by atoms with Crippen molar-refractivity contribution in [3.05, 3.63) is 24.0 Å². The molecule has 1 aromatic rings. The van der Waals surface area contributed by atoms with Crippen LogP contribution in [0.3, 0.4) is 0 Å². The summed E-state index contributed by atoms with van der Waals surface area (Å²) in [7, 11) is 4.04. The molecule has 0 aromatic carbocycles. The van der Waals surface area contributed by atoms with E-state index in [1.54, 1.807) is 0 Å². The smallest absolute Gasteiger partial charge is 0.191 e. The van der Waals surface area contributed by atoms with Crippen LogP contribution in [0.15, 0.2) is 23.3 Å². The zero-order valence-electron chi connectivity index (χ0n) is 11.0. The highest BCUT2D eigenvalue weighted by atomic mass is 127. The fourth-order valence-corrected chi connectivity index (χ4v) is 1.80. The van der Waals surface area contributed by atoms with Crippen LogP contribution in [0.25, 0.3) is 0 Å². The number of rotatable bonds is 3. The first kappa shape index (κ1) is 15.0. The average molecular weight is 361 g/mol. The van der Waals surface area contributed by atoms with Crippen molar-refractivity contribution in [1.82, 2.24) is 15.6 Å². The lowest BCUT2D eigenvalue weighted by Crippen LogP contribution is -2.37. The molecule has 5 nitrogen and oxygen atoms in total. The molecule has 100 valence electrons. The van der Waals surface area contributed by atoms with Crippen molar-refractivity contribution in [1.29, 1.82) is 0 Å². The molecule has 0 bridgehead atoms. The Morgan fingerprint density at radius 1 is 1.50 bits per heavy atom. The molecule has 6 heteroatoms. The minimum atomic E-state index is 0. The first-order valence-electron chi connectivity index (χ1n) is 5.83. The van der Waals surface area contributed by atoms with Crippen LogP contribution in [-0.4, -0.2) is 37.6 Å². The third kappa shape index (κ3) is 3.72. The van der Waals surface area contributed by atoms with E-state index in [4.69, 9.17) is 0 Å². The number of aliphatic imine (C=N–C) groups is 1. The van der Waals surface area contributed by atoms with Crippen LogP contribution in [0.1, 0.15) is 12.6 Å². The van der Waals surface area contributed by atoms with Gasteiger partial charge in [0, 0.05) is 26.3 Å². The molecule has 0 aliphatic carbocycles. The Labute approximate surface area is 125 Å². The van der Waals surface area contributed by atoms with Crippen LogP contribution in [0.2, 0.25) is 0 Å². The lowest BCUT2D eigenvalue weighted by Gasteiger charge is -2.17. The van der Waals surface area contributed by atoms with Crippen LogP contribution >= 0.6 is 24.0 Å². The molecule has 0 radical (unpaired) electrons. The maximum absolute atomic E-state index is 4.39. The molecule has 2 heterocycles. The van der Waals surface area contributed by atoms with E-state index in [0.29, 0.717) is 12.6 Å². The Kier molecular flexibility index (Phi) is 5.64. The molecular weight excluding hydrogens is 341 g/mol. The standard InChI is InChI=1S/C12H19N5.HI/c1-9-7-14-12(16-9)15-8-10-11(17(2)3)5-4-6-13-10;/h4-6,9H,7-8H2,1-3H3,(H2,14,15,16);1H. The third-order valence-corrected chi connectivity index (χ3v) is 2.68. The quantitative estimate of drug-likeness (QED) is 0.795. The zero-order chi connectivity index (χ0) is 12.3. The van der Waals surface area contributed by atoms with Gasteiger partial charge < -0.3 is 15.5 Å². The first-order chi connectivity index (χ1) is 8.16. The lowest BCUT2D eigenvalue weighted by atomic mass is 10.3. The van der Waals surface area contributed by atoms with Gasteiger partial charge in [0.05, 0.1) is 24.5 Å². The fraction of sp³-hybridized carbons (Fsp3) is 0.500. The van der Waals surface area contributed by atoms with E-state index in [1.165, 1.54) is 0 Å². The van der Waals surface area contributed by atoms with Crippen molar-refractivity contribution in [2.75, 3.05) is 25.5 Å². The van der Waals surface area contributed by atoms with Gasteiger partial charge in [-0.15, -0.1) is 24.0 Å². The molecule has 0 amide bonds. The number of aromatic nitrogens is 1. The van der Waals surface area contributed by atoms with E-state index < -0.39 is 0 Å². The molecule has 1 unspecified atom stereocenters. The second-order valence-corrected chi connectivity index (χ2v) is 4.45. The molecule has 0 saturated carbocycles. The topological polar surface area (TPSA) is 52.6 Å². The van der Waals surface area contributed by atoms with E-state index in [1.807, 2.05) is 26.4 Å². The van der Waals surface area contributed by atoms with Gasteiger partial charge in [0.1, 0.15) is 0 Å². The molecule has 1 aliphatic heterocycles. The van der Waals surface area contributed by atoms with Crippen LogP contribution in [0.4, 0.5) is 5.69 Å². The summed E-state index contributed by atoms with van der Waals surface area (Å²) in [4.78, 5) is 10.8. The molecule has 0 spiro atoms. The Morgan fingerprint density at radius 3 is 2.89 bits per heavy atom. The summed E-state index contributed by atoms with van der Waals surface area (Å²) >= 11 is 0. The maximum atomic E-state index is 4.39. The molecule has 2 N–H and O–H groups in total. The monoisotopic (exact) mass is 361 g/mol. The van der Waals surface area contributed by atoms with Gasteiger partial charge in [-0.25, -0.2) is 0 Å². The largest absolute Gasteiger partial charge is 0.376 e. The second kappa shape index (κ2) is 6.77. The zero-order valence-corrected chi connectivity index (χ0v) is 13.3. The molecular formula is C12H20IN5. The number of halogens is 1. The van der Waals surface area contributed by atoms with Crippen LogP contribution in [-0.2, 0) is 6.54 Å². The number of hydrogen-bond donors (Lipinski definition) is 2. The number of hydrogen-bond acceptors (Lipinski definition) is 5. The predicted molar refractivity (Wildman–Crippen MR) is 85.7 cm³/mol. The Bertz CT molecular complexity index is 419. The summed E-state index contributed by atoms with van der Waals surface area (Å²) in [5.74, 6) is 0.868. The van der Waals surface area contributed by atoms with Gasteiger partial charge in [-0.05, 0) is 19.1 Å². The van der Waals surface area contributed by atoms with Crippen molar-refractivity contribution in [3.63, 3.8) is 0 Å². The molecule has 1 aliphatic rings. The number of nitrogens with zero attached hydrogens (tertiary/aromatic N) is 3. The number of anilines is 1. The van der Waals surface area contributed by atoms with E-state index in [-0.39, 0.29) is 24.0 Å². The van der Waals surface area contributed by atoms with Gasteiger partial charge in [0.15, 0.2) is 5.96 Å². The van der Waals surface area contributed by atoms with Gasteiger partial charge in [0.2, 0.25) is 0 Å². The Balaban J connectivity index is 0.00000162. The van der Waals surface area contributed by atoms with Crippen LogP contribution in [0.5, 0.6) is 0 Å². The maximum Gasteiger partial charge on any atom is 0.191 e. The summed E-state index contributed by atoms with van der Waals surface area (Å²) in [6.07, 6.45) is 1.82. The number of guanidine groups is 1. The Morgan fingerprint density at radius 2 is 2.28 bits per heavy atom. The Hall–Kier alpha value is -1.05. The lowest BCUT2D eigenvalue weighted by molar-refractivity contribution is 0.711. The molecule has 2 rings (SSSR count). The predicted octanol–water partition coefficient (Wildman–Crippen LogP) is 1.20. The summed E-state index contributed by atoms with van der Waals surface area (Å²) in [5.41, 5.74) is 2.16. The summed E-state index contributed by atoms with van der Waals surface area (Å²) in [6.45, 7) is 3.64. The summed E-state index contributed by atoms with van der Waals surface area (Å²) < 4.78 is 0. The minimum Gasteiger partial charge on any atom is -0.376 e. The fourth-order valence-electron chi connectivity index (χ4n) is 1.80. The molecule has 0 saturated heterocycles. The van der Waals surface area contributed by atoms with E-state index in [2.05, 4.69) is 38.5 Å². The molecule has 0 fully saturated rings. The first-order valence-corrected chi connectivity index (χ1v) is 5.83. The summed E-state index contributed by atoms with van der Waals surface area (Å²) in [6, 6.07) is 4.44. The highest BCUT2D eigenvalue weighted by molar-refractivity contribution is 14.0. The van der Waals surface area contributed by atoms with Crippen molar-refractivity contribution in [2.45, 2.75) is 19.5 Å². The number of nitrogens with one attached hydrogen (secondary N) is 2. The van der Waals surface area contributed by atoms with Crippen molar-refractivity contribution < 1.29 is 0 Å². The molecule has 1 atom stereocenters. The van der Waals surface area contributed by atoms with Gasteiger partial charge in [-0.3, -0.25) is 9.98 Å². The van der Waals surface area contributed by atoms with Gasteiger partial charge in [-0.1, -0.05) is 0 Å². The van der Waals surface area contributed by atoms with Crippen molar-refractivity contribution >= 4 is 35.6 Å². The number of pyridine rings is 1. The summed E-state index contributed by atoms with van der Waals surface area (Å²) in [5, 5.41) is 6.54. The highest BCUT2D eigenvalue weighted by Gasteiger charge is 2.12. The SMILES string of the molecule is CC1CN=C(NCc2ncccc2N(C)C)N1.I. The van der Waals surface area contributed by atoms with E-state index in [0.717, 1.165) is 23.9 Å². The average Bonchev–Trinajstić information content (AvgIpc) is 2.73. The van der Waals surface area contributed by atoms with Crippen molar-refractivity contribution in [3.8, 4) is 0 Å². The van der Waals surface area contributed by atoms with Crippen LogP contribution in [0, 0.1) is 0 Å². The van der Waals surface area contributed by atoms with E-state index in [9.17, 15) is 0 Å². The minimum absolute atomic E-state index is 0.